The summed E-state index contributed by atoms with van der Waals surface area (Å²) in [5.74, 6) is -0.656. The molecule has 2 aromatic carbocycles. The van der Waals surface area contributed by atoms with Crippen LogP contribution in [0.4, 0.5) is 0 Å². The van der Waals surface area contributed by atoms with E-state index in [-0.39, 0.29) is 11.3 Å². The van der Waals surface area contributed by atoms with E-state index in [0.29, 0.717) is 44.2 Å². The predicted octanol–water partition coefficient (Wildman–Crippen LogP) is 3.46. The van der Waals surface area contributed by atoms with Crippen molar-refractivity contribution in [2.75, 3.05) is 46.0 Å². The molecule has 4 rings (SSSR count). The molecule has 0 aromatic heterocycles. The molecule has 7 heteroatoms. The molecule has 2 aliphatic heterocycles. The zero-order valence-corrected chi connectivity index (χ0v) is 20.0. The van der Waals surface area contributed by atoms with E-state index in [2.05, 4.69) is 4.90 Å². The number of hydrogen-bond donors (Lipinski definition) is 1. The molecule has 1 atom stereocenters. The van der Waals surface area contributed by atoms with Gasteiger partial charge in [0, 0.05) is 31.7 Å². The Labute approximate surface area is 200 Å². The van der Waals surface area contributed by atoms with Crippen LogP contribution in [0.1, 0.15) is 35.2 Å². The van der Waals surface area contributed by atoms with E-state index < -0.39 is 17.7 Å². The summed E-state index contributed by atoms with van der Waals surface area (Å²) in [6.07, 6.45) is 0. The number of morpholine rings is 1. The Morgan fingerprint density at radius 1 is 1.06 bits per heavy atom. The fourth-order valence-electron chi connectivity index (χ4n) is 4.58. The Balaban J connectivity index is 1.75. The van der Waals surface area contributed by atoms with Crippen LogP contribution in [0.5, 0.6) is 5.75 Å². The minimum Gasteiger partial charge on any atom is -0.507 e. The minimum atomic E-state index is -0.670. The summed E-state index contributed by atoms with van der Waals surface area (Å²) in [5, 5.41) is 11.3. The van der Waals surface area contributed by atoms with Crippen LogP contribution in [0, 0.1) is 13.8 Å². The number of ether oxygens (including phenoxy) is 2. The number of likely N-dealkylation sites (tertiary alicyclic amines) is 1. The number of ketones is 1. The molecule has 2 fully saturated rings. The van der Waals surface area contributed by atoms with Gasteiger partial charge in [0.05, 0.1) is 31.4 Å². The Kier molecular flexibility index (Phi) is 7.34. The van der Waals surface area contributed by atoms with Crippen molar-refractivity contribution in [3.63, 3.8) is 0 Å². The highest BCUT2D eigenvalue weighted by Gasteiger charge is 2.46. The van der Waals surface area contributed by atoms with Crippen molar-refractivity contribution < 1.29 is 24.2 Å². The summed E-state index contributed by atoms with van der Waals surface area (Å²) in [4.78, 5) is 30.3. The van der Waals surface area contributed by atoms with Crippen molar-refractivity contribution in [3.8, 4) is 5.75 Å². The molecule has 1 N–H and O–H groups in total. The predicted molar refractivity (Wildman–Crippen MR) is 130 cm³/mol. The molecule has 2 aliphatic rings. The summed E-state index contributed by atoms with van der Waals surface area (Å²) in [7, 11) is 0. The molecule has 0 radical (unpaired) electrons. The van der Waals surface area contributed by atoms with Crippen LogP contribution in [0.25, 0.3) is 5.76 Å². The molecule has 0 bridgehead atoms. The van der Waals surface area contributed by atoms with Crippen LogP contribution in [0.2, 0.25) is 0 Å². The number of hydrogen-bond acceptors (Lipinski definition) is 6. The monoisotopic (exact) mass is 464 g/mol. The van der Waals surface area contributed by atoms with E-state index in [9.17, 15) is 14.7 Å². The number of aryl methyl sites for hydroxylation is 2. The number of amides is 1. The first-order valence-electron chi connectivity index (χ1n) is 11.8. The van der Waals surface area contributed by atoms with Crippen LogP contribution < -0.4 is 4.74 Å². The average Bonchev–Trinajstić information content (AvgIpc) is 3.10. The highest BCUT2D eigenvalue weighted by molar-refractivity contribution is 6.46. The third kappa shape index (κ3) is 4.86. The molecule has 0 spiro atoms. The lowest BCUT2D eigenvalue weighted by Crippen LogP contribution is -2.42. The summed E-state index contributed by atoms with van der Waals surface area (Å²) >= 11 is 0. The fourth-order valence-corrected chi connectivity index (χ4v) is 4.58. The zero-order valence-electron chi connectivity index (χ0n) is 20.0. The lowest BCUT2D eigenvalue weighted by Gasteiger charge is -2.31. The Morgan fingerprint density at radius 3 is 2.44 bits per heavy atom. The van der Waals surface area contributed by atoms with Crippen LogP contribution >= 0.6 is 0 Å². The number of benzene rings is 2. The SMILES string of the molecule is CCOc1ccc(C2C(=C(O)c3cc(C)ccc3C)C(=O)C(=O)N2CCN2CCOCC2)cc1. The van der Waals surface area contributed by atoms with Gasteiger partial charge in [-0.25, -0.2) is 0 Å². The van der Waals surface area contributed by atoms with Crippen LogP contribution in [0.3, 0.4) is 0 Å². The van der Waals surface area contributed by atoms with Gasteiger partial charge in [0.15, 0.2) is 0 Å². The topological polar surface area (TPSA) is 79.3 Å². The molecule has 1 unspecified atom stereocenters. The molecule has 0 aliphatic carbocycles. The van der Waals surface area contributed by atoms with Crippen molar-refractivity contribution in [2.45, 2.75) is 26.8 Å². The molecule has 34 heavy (non-hydrogen) atoms. The van der Waals surface area contributed by atoms with E-state index in [4.69, 9.17) is 9.47 Å². The number of rotatable bonds is 7. The number of Topliss-reactive ketones (excluding diaryl/α,β-unsaturated/α-hetero) is 1. The van der Waals surface area contributed by atoms with Gasteiger partial charge in [0.1, 0.15) is 11.5 Å². The van der Waals surface area contributed by atoms with Gasteiger partial charge < -0.3 is 19.5 Å². The second kappa shape index (κ2) is 10.4. The van der Waals surface area contributed by atoms with Crippen molar-refractivity contribution in [3.05, 3.63) is 70.3 Å². The minimum absolute atomic E-state index is 0.129. The molecular weight excluding hydrogens is 432 g/mol. The molecular formula is C27H32N2O5. The van der Waals surface area contributed by atoms with Crippen molar-refractivity contribution in [2.24, 2.45) is 0 Å². The van der Waals surface area contributed by atoms with Gasteiger partial charge in [-0.1, -0.05) is 29.8 Å². The van der Waals surface area contributed by atoms with Crippen molar-refractivity contribution in [1.82, 2.24) is 9.80 Å². The van der Waals surface area contributed by atoms with Gasteiger partial charge in [0.25, 0.3) is 11.7 Å². The summed E-state index contributed by atoms with van der Waals surface area (Å²) < 4.78 is 11.0. The number of aliphatic hydroxyl groups is 1. The molecule has 180 valence electrons. The number of carbonyl (C=O) groups excluding carboxylic acids is 2. The fraction of sp³-hybridized carbons (Fsp3) is 0.407. The van der Waals surface area contributed by atoms with Crippen LogP contribution in [-0.4, -0.2) is 72.6 Å². The summed E-state index contributed by atoms with van der Waals surface area (Å²) in [6.45, 7) is 10.2. The highest BCUT2D eigenvalue weighted by atomic mass is 16.5. The second-order valence-corrected chi connectivity index (χ2v) is 8.77. The molecule has 7 nitrogen and oxygen atoms in total. The smallest absolute Gasteiger partial charge is 0.295 e. The maximum absolute atomic E-state index is 13.3. The molecule has 0 saturated carbocycles. The van der Waals surface area contributed by atoms with Gasteiger partial charge >= 0.3 is 0 Å². The first-order valence-corrected chi connectivity index (χ1v) is 11.8. The highest BCUT2D eigenvalue weighted by Crippen LogP contribution is 2.40. The van der Waals surface area contributed by atoms with E-state index in [1.807, 2.05) is 63.2 Å². The zero-order chi connectivity index (χ0) is 24.2. The van der Waals surface area contributed by atoms with Gasteiger partial charge in [-0.2, -0.15) is 0 Å². The second-order valence-electron chi connectivity index (χ2n) is 8.77. The van der Waals surface area contributed by atoms with E-state index in [1.54, 1.807) is 4.90 Å². The van der Waals surface area contributed by atoms with E-state index in [1.165, 1.54) is 0 Å². The average molecular weight is 465 g/mol. The largest absolute Gasteiger partial charge is 0.507 e. The molecule has 2 aromatic rings. The van der Waals surface area contributed by atoms with E-state index >= 15 is 0 Å². The standard InChI is InChI=1S/C27H32N2O5/c1-4-34-21-9-7-20(8-10-21)24-23(25(30)22-17-18(2)5-6-19(22)3)26(31)27(32)29(24)12-11-28-13-15-33-16-14-28/h5-10,17,24,30H,4,11-16H2,1-3H3. The van der Waals surface area contributed by atoms with Gasteiger partial charge in [0.2, 0.25) is 0 Å². The quantitative estimate of drug-likeness (QED) is 0.384. The molecule has 1 amide bonds. The summed E-state index contributed by atoms with van der Waals surface area (Å²) in [6, 6.07) is 12.4. The first-order chi connectivity index (χ1) is 16.4. The van der Waals surface area contributed by atoms with Gasteiger partial charge in [-0.3, -0.25) is 14.5 Å². The number of nitrogens with zero attached hydrogens (tertiary/aromatic N) is 2. The van der Waals surface area contributed by atoms with Crippen LogP contribution in [0.15, 0.2) is 48.0 Å². The lowest BCUT2D eigenvalue weighted by atomic mass is 9.93. The van der Waals surface area contributed by atoms with Crippen LogP contribution in [-0.2, 0) is 14.3 Å². The third-order valence-corrected chi connectivity index (χ3v) is 6.46. The molecule has 2 heterocycles. The molecule has 2 saturated heterocycles. The number of aliphatic hydroxyl groups excluding tert-OH is 1. The van der Waals surface area contributed by atoms with E-state index in [0.717, 1.165) is 29.8 Å². The Bertz CT molecular complexity index is 1090. The van der Waals surface area contributed by atoms with Crippen molar-refractivity contribution >= 4 is 17.4 Å². The summed E-state index contributed by atoms with van der Waals surface area (Å²) in [5.41, 5.74) is 3.27. The van der Waals surface area contributed by atoms with Gasteiger partial charge in [-0.15, -0.1) is 0 Å². The van der Waals surface area contributed by atoms with Gasteiger partial charge in [-0.05, 0) is 50.1 Å². The van der Waals surface area contributed by atoms with Crippen molar-refractivity contribution in [1.29, 1.82) is 0 Å². The maximum atomic E-state index is 13.3. The Morgan fingerprint density at radius 2 is 1.76 bits per heavy atom. The number of carbonyl (C=O) groups is 2. The normalized spacial score (nSPS) is 20.7. The first kappa shape index (κ1) is 24.0. The third-order valence-electron chi connectivity index (χ3n) is 6.46. The lowest BCUT2D eigenvalue weighted by molar-refractivity contribution is -0.140. The maximum Gasteiger partial charge on any atom is 0.295 e. The Hall–Kier alpha value is -3.16.